The number of aromatic nitrogens is 5. The number of sulfonamides is 2. The van der Waals surface area contributed by atoms with E-state index in [1.54, 1.807) is 72.3 Å². The highest BCUT2D eigenvalue weighted by atomic mass is 32.2. The van der Waals surface area contributed by atoms with Gasteiger partial charge in [0.1, 0.15) is 51.5 Å². The summed E-state index contributed by atoms with van der Waals surface area (Å²) in [5.41, 5.74) is 6.95. The van der Waals surface area contributed by atoms with Crippen LogP contribution in [0.3, 0.4) is 0 Å². The molecule has 15 rings (SSSR count). The Hall–Kier alpha value is -9.09. The number of fused-ring (bicyclic) bond motifs is 13. The normalized spacial score (nSPS) is 18.6. The van der Waals surface area contributed by atoms with Crippen molar-refractivity contribution in [1.82, 2.24) is 34.7 Å². The Labute approximate surface area is 484 Å². The monoisotopic (exact) mass is 1190 g/mol. The minimum Gasteiger partial charge on any atom is -0.470 e. The summed E-state index contributed by atoms with van der Waals surface area (Å²) in [4.78, 5) is 42.5. The molecule has 19 nitrogen and oxygen atoms in total. The van der Waals surface area contributed by atoms with Crippen LogP contribution in [0.2, 0.25) is 0 Å². The van der Waals surface area contributed by atoms with Crippen molar-refractivity contribution >= 4 is 92.6 Å². The fourth-order valence-corrected chi connectivity index (χ4v) is 14.5. The SMILES string of the molecule is CNC(=O)c1c(C2=CCC(c3cc(F)c4cc5n(c4c3)COc3ccc(-c4cc6c(C(=O)NC)c(C78CCCC7C8)oc6cc4N(C)S(C)(=O)=O)nc3-5)C2)oc2cc(N(C)S(C)(=O)=O)c(-c3ncc4c(n3)-c3cc5c(F)cccc5n3CO4)cc12. The first-order chi connectivity index (χ1) is 40.7. The predicted molar refractivity (Wildman–Crippen MR) is 317 cm³/mol. The van der Waals surface area contributed by atoms with E-state index in [4.69, 9.17) is 28.3 Å². The molecule has 6 aromatic heterocycles. The summed E-state index contributed by atoms with van der Waals surface area (Å²) in [6, 6.07) is 21.7. The Bertz CT molecular complexity index is 4930. The average Bonchev–Trinajstić information content (AvgIpc) is 1.67. The molecule has 23 heteroatoms. The average molecular weight is 1190 g/mol. The lowest BCUT2D eigenvalue weighted by atomic mass is 9.93. The molecular weight excluding hydrogens is 1130 g/mol. The second-order valence-corrected chi connectivity index (χ2v) is 26.8. The number of furan rings is 2. The number of benzene rings is 4. The molecule has 2 saturated carbocycles. The topological polar surface area (TPSA) is 226 Å². The lowest BCUT2D eigenvalue weighted by Crippen LogP contribution is -2.25. The lowest BCUT2D eigenvalue weighted by Gasteiger charge is -2.23. The lowest BCUT2D eigenvalue weighted by molar-refractivity contribution is 0.0954. The van der Waals surface area contributed by atoms with E-state index in [0.29, 0.717) is 131 Å². The van der Waals surface area contributed by atoms with E-state index in [0.717, 1.165) is 42.5 Å². The number of halogens is 2. The van der Waals surface area contributed by atoms with Gasteiger partial charge in [-0.1, -0.05) is 18.6 Å². The number of carbonyl (C=O) groups excluding carboxylic acids is 2. The van der Waals surface area contributed by atoms with E-state index in [1.807, 2.05) is 16.7 Å². The number of ether oxygens (including phenoxy) is 2. The molecule has 10 aromatic rings. The van der Waals surface area contributed by atoms with E-state index >= 15 is 8.78 Å². The molecule has 0 radical (unpaired) electrons. The van der Waals surface area contributed by atoms with Crippen LogP contribution in [0, 0.1) is 17.6 Å². The molecule has 5 aliphatic rings. The number of pyridine rings is 1. The second-order valence-electron chi connectivity index (χ2n) is 22.8. The number of hydrogen-bond acceptors (Lipinski definition) is 13. The number of amides is 2. The van der Waals surface area contributed by atoms with Crippen LogP contribution in [0.4, 0.5) is 20.2 Å². The van der Waals surface area contributed by atoms with E-state index in [1.165, 1.54) is 43.8 Å². The summed E-state index contributed by atoms with van der Waals surface area (Å²) in [7, 11) is -1.78. The van der Waals surface area contributed by atoms with Crippen LogP contribution in [-0.2, 0) is 38.9 Å². The molecule has 432 valence electrons. The smallest absolute Gasteiger partial charge is 0.255 e. The Morgan fingerprint density at radius 1 is 0.718 bits per heavy atom. The van der Waals surface area contributed by atoms with Gasteiger partial charge in [-0.25, -0.2) is 40.6 Å². The van der Waals surface area contributed by atoms with Crippen LogP contribution < -0.4 is 28.7 Å². The van der Waals surface area contributed by atoms with Crippen LogP contribution in [-0.4, -0.2) is 93.4 Å². The number of nitrogens with zero attached hydrogens (tertiary/aromatic N) is 7. The van der Waals surface area contributed by atoms with Gasteiger partial charge in [0.25, 0.3) is 11.8 Å². The van der Waals surface area contributed by atoms with E-state index in [9.17, 15) is 26.4 Å². The molecule has 4 aromatic carbocycles. The van der Waals surface area contributed by atoms with Gasteiger partial charge in [0.15, 0.2) is 25.0 Å². The number of allylic oxidation sites excluding steroid dienone is 2. The van der Waals surface area contributed by atoms with Crippen molar-refractivity contribution in [2.45, 2.75) is 63.3 Å². The van der Waals surface area contributed by atoms with Crippen LogP contribution in [0.15, 0.2) is 100.0 Å². The quantitative estimate of drug-likeness (QED) is 0.123. The summed E-state index contributed by atoms with van der Waals surface area (Å²) in [6.07, 6.45) is 10.3. The third-order valence-electron chi connectivity index (χ3n) is 18.1. The van der Waals surface area contributed by atoms with Gasteiger partial charge in [0, 0.05) is 78.4 Å². The van der Waals surface area contributed by atoms with Gasteiger partial charge in [-0.05, 0) is 116 Å². The summed E-state index contributed by atoms with van der Waals surface area (Å²) in [5, 5.41) is 7.14. The number of hydrogen-bond donors (Lipinski definition) is 2. The summed E-state index contributed by atoms with van der Waals surface area (Å²) < 4.78 is 116. The van der Waals surface area contributed by atoms with Gasteiger partial charge in [-0.15, -0.1) is 0 Å². The van der Waals surface area contributed by atoms with E-state index in [2.05, 4.69) is 15.6 Å². The van der Waals surface area contributed by atoms with Crippen LogP contribution in [0.25, 0.3) is 94.7 Å². The van der Waals surface area contributed by atoms with Crippen LogP contribution in [0.5, 0.6) is 11.5 Å². The molecule has 85 heavy (non-hydrogen) atoms. The summed E-state index contributed by atoms with van der Waals surface area (Å²) in [5.74, 6) is 0.273. The minimum absolute atomic E-state index is 0.0375. The van der Waals surface area contributed by atoms with Crippen LogP contribution in [0.1, 0.15) is 82.2 Å². The second kappa shape index (κ2) is 18.5. The zero-order valence-corrected chi connectivity index (χ0v) is 48.4. The summed E-state index contributed by atoms with van der Waals surface area (Å²) in [6.45, 7) is 0.128. The van der Waals surface area contributed by atoms with Crippen molar-refractivity contribution in [3.05, 3.63) is 131 Å². The third-order valence-corrected chi connectivity index (χ3v) is 20.5. The fraction of sp³-hybridized carbons (Fsp3) is 0.274. The summed E-state index contributed by atoms with van der Waals surface area (Å²) >= 11 is 0. The largest absolute Gasteiger partial charge is 0.470 e. The van der Waals surface area contributed by atoms with Gasteiger partial charge in [0.2, 0.25) is 20.0 Å². The highest BCUT2D eigenvalue weighted by Gasteiger charge is 2.61. The molecule has 3 unspecified atom stereocenters. The Morgan fingerprint density at radius 2 is 1.36 bits per heavy atom. The molecule has 3 aliphatic carbocycles. The standard InChI is InChI=1S/C62H53F2N9O10S2/c1-65-60(74)53-38-21-37(59-67-27-52-56(69-59)48-22-34-40(63)10-7-11-43(34)72(48)28-81-52)45(71(4)85(6,78)79)25-50(38)82-57(53)31-13-12-30(17-31)32-18-41(64)35-23-47-55-49(80-29-73(47)46(35)19-32)15-14-42(68-55)36-20-39-51(24-44(36)70(3)84(5,76)77)83-58(54(39)61(75)66-2)62-16-8-9-33(62)26-62/h7,10-11,13-15,18-25,27,30,33H,8-9,12,16-17,26,28-29H2,1-6H3,(H,65,74)(H,66,75). The predicted octanol–water partition coefficient (Wildman–Crippen LogP) is 10.8. The van der Waals surface area contributed by atoms with Crippen molar-refractivity contribution in [2.24, 2.45) is 5.92 Å². The van der Waals surface area contributed by atoms with Crippen molar-refractivity contribution in [2.75, 3.05) is 49.3 Å². The zero-order valence-electron chi connectivity index (χ0n) is 46.8. The Kier molecular flexibility index (Phi) is 11.4. The maximum absolute atomic E-state index is 16.8. The molecular formula is C62H53F2N9O10S2. The number of nitrogens with one attached hydrogen (secondary N) is 2. The van der Waals surface area contributed by atoms with Crippen molar-refractivity contribution < 1.29 is 53.5 Å². The molecule has 0 bridgehead atoms. The first-order valence-electron chi connectivity index (χ1n) is 27.7. The highest BCUT2D eigenvalue weighted by molar-refractivity contribution is 7.92. The maximum Gasteiger partial charge on any atom is 0.255 e. The molecule has 0 spiro atoms. The first-order valence-corrected chi connectivity index (χ1v) is 31.4. The van der Waals surface area contributed by atoms with Gasteiger partial charge < -0.3 is 38.1 Å². The van der Waals surface area contributed by atoms with Crippen LogP contribution >= 0.6 is 0 Å². The van der Waals surface area contributed by atoms with Gasteiger partial charge in [0.05, 0.1) is 69.3 Å². The molecule has 2 N–H and O–H groups in total. The fourth-order valence-electron chi connectivity index (χ4n) is 13.5. The third kappa shape index (κ3) is 7.94. The molecule has 2 amide bonds. The van der Waals surface area contributed by atoms with E-state index < -0.39 is 37.6 Å². The van der Waals surface area contributed by atoms with Crippen molar-refractivity contribution in [3.8, 4) is 56.9 Å². The Balaban J connectivity index is 0.787. The maximum atomic E-state index is 16.8. The minimum atomic E-state index is -3.90. The van der Waals surface area contributed by atoms with Gasteiger partial charge >= 0.3 is 0 Å². The molecule has 8 heterocycles. The molecule has 2 fully saturated rings. The number of anilines is 2. The van der Waals surface area contributed by atoms with Gasteiger partial charge in [-0.3, -0.25) is 18.2 Å². The van der Waals surface area contributed by atoms with Crippen molar-refractivity contribution in [3.63, 3.8) is 0 Å². The number of rotatable bonds is 11. The van der Waals surface area contributed by atoms with Crippen molar-refractivity contribution in [1.29, 1.82) is 0 Å². The molecule has 2 aliphatic heterocycles. The van der Waals surface area contributed by atoms with Gasteiger partial charge in [-0.2, -0.15) is 0 Å². The number of carbonyl (C=O) groups is 2. The van der Waals surface area contributed by atoms with E-state index in [-0.39, 0.29) is 64.7 Å². The first kappa shape index (κ1) is 52.7. The molecule has 0 saturated heterocycles. The molecule has 3 atom stereocenters. The Morgan fingerprint density at radius 3 is 2.06 bits per heavy atom. The zero-order chi connectivity index (χ0) is 58.9. The highest BCUT2D eigenvalue weighted by Crippen LogP contribution is 2.66.